The first-order valence-electron chi connectivity index (χ1n) is 9.45. The smallest absolute Gasteiger partial charge is 0.323 e. The zero-order valence-electron chi connectivity index (χ0n) is 15.6. The zero-order valence-corrected chi connectivity index (χ0v) is 15.6. The van der Waals surface area contributed by atoms with Crippen LogP contribution in [0.25, 0.3) is 0 Å². The summed E-state index contributed by atoms with van der Waals surface area (Å²) >= 11 is 0. The van der Waals surface area contributed by atoms with Crippen LogP contribution < -0.4 is 15.4 Å². The SMILES string of the molecule is O=C(O)C[C@H]1C[C@@H]2c3cc(NC(=O)Nc4ccccc4)ccc3O[C@@H]2[C@H](CO)O1. The minimum absolute atomic E-state index is 0.112. The molecule has 1 saturated heterocycles. The first-order valence-corrected chi connectivity index (χ1v) is 9.45. The van der Waals surface area contributed by atoms with Crippen LogP contribution in [0.4, 0.5) is 16.2 Å². The van der Waals surface area contributed by atoms with E-state index in [1.807, 2.05) is 24.3 Å². The number of carboxylic acids is 1. The van der Waals surface area contributed by atoms with E-state index in [4.69, 9.17) is 14.6 Å². The Morgan fingerprint density at radius 3 is 2.55 bits per heavy atom. The van der Waals surface area contributed by atoms with Crippen molar-refractivity contribution in [3.05, 3.63) is 54.1 Å². The highest BCUT2D eigenvalue weighted by Crippen LogP contribution is 2.47. The van der Waals surface area contributed by atoms with Crippen molar-refractivity contribution < 1.29 is 29.3 Å². The van der Waals surface area contributed by atoms with Gasteiger partial charge >= 0.3 is 12.0 Å². The second-order valence-electron chi connectivity index (χ2n) is 7.20. The number of aliphatic hydroxyl groups is 1. The molecule has 2 aromatic rings. The van der Waals surface area contributed by atoms with E-state index >= 15 is 0 Å². The molecule has 0 aromatic heterocycles. The minimum atomic E-state index is -0.947. The molecule has 8 nitrogen and oxygen atoms in total. The molecule has 2 heterocycles. The number of nitrogens with one attached hydrogen (secondary N) is 2. The average molecular weight is 398 g/mol. The summed E-state index contributed by atoms with van der Waals surface area (Å²) in [6.45, 7) is -0.254. The average Bonchev–Trinajstić information content (AvgIpc) is 3.05. The maximum absolute atomic E-state index is 12.3. The Bertz CT molecular complexity index is 903. The number of aliphatic carboxylic acids is 1. The number of ether oxygens (including phenoxy) is 2. The summed E-state index contributed by atoms with van der Waals surface area (Å²) in [5.74, 6) is -0.400. The van der Waals surface area contributed by atoms with Crippen molar-refractivity contribution in [1.29, 1.82) is 0 Å². The number of fused-ring (bicyclic) bond motifs is 3. The first-order chi connectivity index (χ1) is 14.0. The van der Waals surface area contributed by atoms with Gasteiger partial charge in [-0.1, -0.05) is 18.2 Å². The molecule has 2 aliphatic rings. The number of para-hydroxylation sites is 1. The van der Waals surface area contributed by atoms with E-state index in [1.54, 1.807) is 24.3 Å². The second kappa shape index (κ2) is 8.10. The van der Waals surface area contributed by atoms with Gasteiger partial charge in [0.2, 0.25) is 0 Å². The molecule has 2 amide bonds. The van der Waals surface area contributed by atoms with Crippen molar-refractivity contribution in [2.75, 3.05) is 17.2 Å². The van der Waals surface area contributed by atoms with Crippen molar-refractivity contribution in [3.63, 3.8) is 0 Å². The summed E-state index contributed by atoms with van der Waals surface area (Å²) in [6.07, 6.45) is -1.14. The summed E-state index contributed by atoms with van der Waals surface area (Å²) in [6, 6.07) is 14.1. The number of rotatable bonds is 5. The summed E-state index contributed by atoms with van der Waals surface area (Å²) in [7, 11) is 0. The molecule has 4 atom stereocenters. The molecule has 0 saturated carbocycles. The highest BCUT2D eigenvalue weighted by atomic mass is 16.6. The monoisotopic (exact) mass is 398 g/mol. The van der Waals surface area contributed by atoms with Crippen LogP contribution in [0, 0.1) is 0 Å². The molecule has 2 aliphatic heterocycles. The van der Waals surface area contributed by atoms with Gasteiger partial charge in [-0.3, -0.25) is 4.79 Å². The van der Waals surface area contributed by atoms with Crippen LogP contribution in [0.2, 0.25) is 0 Å². The van der Waals surface area contributed by atoms with Gasteiger partial charge in [-0.15, -0.1) is 0 Å². The van der Waals surface area contributed by atoms with E-state index in [9.17, 15) is 14.7 Å². The topological polar surface area (TPSA) is 117 Å². The Kier molecular flexibility index (Phi) is 5.37. The van der Waals surface area contributed by atoms with Crippen molar-refractivity contribution >= 4 is 23.4 Å². The molecule has 0 unspecified atom stereocenters. The fourth-order valence-electron chi connectivity index (χ4n) is 3.98. The molecule has 2 aromatic carbocycles. The number of urea groups is 1. The molecule has 0 radical (unpaired) electrons. The van der Waals surface area contributed by atoms with Gasteiger partial charge in [0.1, 0.15) is 18.0 Å². The number of carbonyl (C=O) groups is 2. The summed E-state index contributed by atoms with van der Waals surface area (Å²) < 4.78 is 11.7. The lowest BCUT2D eigenvalue weighted by molar-refractivity contribution is -0.153. The van der Waals surface area contributed by atoms with E-state index in [2.05, 4.69) is 10.6 Å². The molecular weight excluding hydrogens is 376 g/mol. The van der Waals surface area contributed by atoms with Crippen LogP contribution in [-0.4, -0.2) is 47.1 Å². The van der Waals surface area contributed by atoms with Crippen LogP contribution in [0.5, 0.6) is 5.75 Å². The fraction of sp³-hybridized carbons (Fsp3) is 0.333. The lowest BCUT2D eigenvalue weighted by Gasteiger charge is -2.36. The van der Waals surface area contributed by atoms with Crippen molar-refractivity contribution in [1.82, 2.24) is 0 Å². The van der Waals surface area contributed by atoms with Crippen LogP contribution in [0.15, 0.2) is 48.5 Å². The molecule has 152 valence electrons. The maximum Gasteiger partial charge on any atom is 0.323 e. The van der Waals surface area contributed by atoms with E-state index in [-0.39, 0.29) is 31.1 Å². The number of carboxylic acid groups (broad SMARTS) is 1. The van der Waals surface area contributed by atoms with Gasteiger partial charge in [-0.2, -0.15) is 0 Å². The highest BCUT2D eigenvalue weighted by Gasteiger charge is 2.46. The maximum atomic E-state index is 12.3. The summed E-state index contributed by atoms with van der Waals surface area (Å²) in [5.41, 5.74) is 2.16. The number of aliphatic hydroxyl groups excluding tert-OH is 1. The van der Waals surface area contributed by atoms with Gasteiger partial charge in [-0.25, -0.2) is 4.79 Å². The third kappa shape index (κ3) is 4.18. The van der Waals surface area contributed by atoms with Crippen molar-refractivity contribution in [2.45, 2.75) is 37.1 Å². The number of amides is 2. The molecular formula is C21H22N2O6. The zero-order chi connectivity index (χ0) is 20.4. The minimum Gasteiger partial charge on any atom is -0.487 e. The lowest BCUT2D eigenvalue weighted by Crippen LogP contribution is -2.46. The molecule has 29 heavy (non-hydrogen) atoms. The van der Waals surface area contributed by atoms with Crippen LogP contribution in [0.3, 0.4) is 0 Å². The molecule has 0 bridgehead atoms. The van der Waals surface area contributed by atoms with Crippen LogP contribution in [-0.2, 0) is 9.53 Å². The van der Waals surface area contributed by atoms with Gasteiger partial charge in [0, 0.05) is 22.9 Å². The van der Waals surface area contributed by atoms with Crippen LogP contribution >= 0.6 is 0 Å². The van der Waals surface area contributed by atoms with E-state index in [0.717, 1.165) is 5.56 Å². The Morgan fingerprint density at radius 2 is 1.83 bits per heavy atom. The molecule has 8 heteroatoms. The number of hydrogen-bond donors (Lipinski definition) is 4. The Morgan fingerprint density at radius 1 is 1.07 bits per heavy atom. The fourth-order valence-corrected chi connectivity index (χ4v) is 3.98. The largest absolute Gasteiger partial charge is 0.487 e. The summed E-state index contributed by atoms with van der Waals surface area (Å²) in [5, 5.41) is 24.3. The quantitative estimate of drug-likeness (QED) is 0.615. The molecule has 0 spiro atoms. The first kappa shape index (κ1) is 19.2. The number of carbonyl (C=O) groups excluding carboxylic acids is 1. The number of benzene rings is 2. The molecule has 4 rings (SSSR count). The van der Waals surface area contributed by atoms with Gasteiger partial charge in [0.25, 0.3) is 0 Å². The lowest BCUT2D eigenvalue weighted by atomic mass is 9.84. The predicted octanol–water partition coefficient (Wildman–Crippen LogP) is 2.80. The third-order valence-electron chi connectivity index (χ3n) is 5.19. The predicted molar refractivity (Wildman–Crippen MR) is 105 cm³/mol. The van der Waals surface area contributed by atoms with Gasteiger partial charge in [-0.05, 0) is 36.8 Å². The third-order valence-corrected chi connectivity index (χ3v) is 5.19. The Balaban J connectivity index is 1.50. The molecule has 4 N–H and O–H groups in total. The molecule has 0 aliphatic carbocycles. The Hall–Kier alpha value is -3.10. The second-order valence-corrected chi connectivity index (χ2v) is 7.20. The standard InChI is InChI=1S/C21H22N2O6/c24-11-18-20-16(9-14(28-18)10-19(25)26)15-8-13(6-7-17(15)29-20)23-21(27)22-12-4-2-1-3-5-12/h1-8,14,16,18,20,24H,9-11H2,(H,25,26)(H2,22,23,27)/t14-,16-,18+,20+/m1/s1. The van der Waals surface area contributed by atoms with Crippen LogP contribution in [0.1, 0.15) is 24.3 Å². The molecule has 1 fully saturated rings. The van der Waals surface area contributed by atoms with Gasteiger partial charge in [0.05, 0.1) is 19.1 Å². The van der Waals surface area contributed by atoms with E-state index in [1.165, 1.54) is 0 Å². The number of hydrogen-bond acceptors (Lipinski definition) is 5. The van der Waals surface area contributed by atoms with Gasteiger partial charge < -0.3 is 30.3 Å². The Labute approximate surface area is 167 Å². The van der Waals surface area contributed by atoms with E-state index in [0.29, 0.717) is 23.5 Å². The normalized spacial score (nSPS) is 24.7. The summed E-state index contributed by atoms with van der Waals surface area (Å²) in [4.78, 5) is 23.4. The van der Waals surface area contributed by atoms with Crippen molar-refractivity contribution in [3.8, 4) is 5.75 Å². The van der Waals surface area contributed by atoms with Crippen molar-refractivity contribution in [2.24, 2.45) is 0 Å². The number of anilines is 2. The highest BCUT2D eigenvalue weighted by molar-refractivity contribution is 5.99. The van der Waals surface area contributed by atoms with Gasteiger partial charge in [0.15, 0.2) is 0 Å². The van der Waals surface area contributed by atoms with E-state index < -0.39 is 18.2 Å².